The molecule has 2 nitrogen and oxygen atoms in total. The maximum absolute atomic E-state index is 6.13. The van der Waals surface area contributed by atoms with Crippen LogP contribution in [0.5, 0.6) is 17.2 Å². The summed E-state index contributed by atoms with van der Waals surface area (Å²) in [5.74, 6) is 2.32. The van der Waals surface area contributed by atoms with Crippen LogP contribution in [0.2, 0.25) is 5.02 Å². The van der Waals surface area contributed by atoms with Crippen molar-refractivity contribution in [2.45, 2.75) is 0 Å². The van der Waals surface area contributed by atoms with Crippen molar-refractivity contribution in [3.05, 3.63) is 85.5 Å². The minimum Gasteiger partial charge on any atom is -0.455 e. The zero-order valence-corrected chi connectivity index (χ0v) is 16.7. The van der Waals surface area contributed by atoms with Gasteiger partial charge in [-0.2, -0.15) is 0 Å². The third-order valence-corrected chi connectivity index (χ3v) is 4.89. The largest absolute Gasteiger partial charge is 0.455 e. The first-order valence-electron chi connectivity index (χ1n) is 6.79. The molecule has 0 radical (unpaired) electrons. The summed E-state index contributed by atoms with van der Waals surface area (Å²) >= 11 is 19.2. The molecule has 2 aromatic rings. The molecule has 0 bridgehead atoms. The van der Waals surface area contributed by atoms with Crippen molar-refractivity contribution < 1.29 is 9.47 Å². The maximum Gasteiger partial charge on any atom is 0.258 e. The summed E-state index contributed by atoms with van der Waals surface area (Å²) in [4.78, 5) is 0. The van der Waals surface area contributed by atoms with Crippen LogP contribution in [0.3, 0.4) is 0 Å². The van der Waals surface area contributed by atoms with Gasteiger partial charge >= 0.3 is 0 Å². The Morgan fingerprint density at radius 3 is 2.21 bits per heavy atom. The standard InChI is InChI=1S/C18H9Br2Cl2O2/c19-11-10-18(24-16-8-4-2-6-14(16)22)12(20)9-17(11)23-15-7-3-1-5-13(15)21/h1,3-10H/q+1. The summed E-state index contributed by atoms with van der Waals surface area (Å²) < 4.78 is 13.1. The lowest BCUT2D eigenvalue weighted by Gasteiger charge is -2.12. The van der Waals surface area contributed by atoms with Crippen molar-refractivity contribution in [3.8, 4) is 17.2 Å². The molecule has 1 aliphatic rings. The second-order valence-electron chi connectivity index (χ2n) is 4.70. The van der Waals surface area contributed by atoms with Crippen LogP contribution in [0.4, 0.5) is 0 Å². The zero-order chi connectivity index (χ0) is 17.1. The highest BCUT2D eigenvalue weighted by Crippen LogP contribution is 2.40. The van der Waals surface area contributed by atoms with Gasteiger partial charge in [-0.1, -0.05) is 23.7 Å². The van der Waals surface area contributed by atoms with E-state index in [1.54, 1.807) is 42.5 Å². The molecule has 0 heterocycles. The molecule has 0 saturated heterocycles. The first-order chi connectivity index (χ1) is 11.5. The first-order valence-corrected chi connectivity index (χ1v) is 9.13. The van der Waals surface area contributed by atoms with E-state index in [1.165, 1.54) is 0 Å². The third kappa shape index (κ3) is 4.02. The van der Waals surface area contributed by atoms with Crippen molar-refractivity contribution in [1.82, 2.24) is 0 Å². The van der Waals surface area contributed by atoms with Gasteiger partial charge in [0, 0.05) is 23.7 Å². The van der Waals surface area contributed by atoms with Crippen LogP contribution in [0, 0.1) is 6.08 Å². The number of halogens is 4. The number of para-hydroxylation sites is 1. The number of hydrogen-bond acceptors (Lipinski definition) is 2. The molecule has 24 heavy (non-hydrogen) atoms. The Balaban J connectivity index is 1.88. The van der Waals surface area contributed by atoms with Crippen molar-refractivity contribution in [2.24, 2.45) is 0 Å². The molecule has 0 spiro atoms. The van der Waals surface area contributed by atoms with Crippen LogP contribution in [-0.4, -0.2) is 0 Å². The molecular weight excluding hydrogens is 479 g/mol. The monoisotopic (exact) mass is 485 g/mol. The van der Waals surface area contributed by atoms with Gasteiger partial charge in [-0.05, 0) is 50.1 Å². The SMILES string of the molecule is ClC1=C(Oc2cc(Br)c(Oc3ccccc3Cl)cc2Br)C=C[C+]=C1. The summed E-state index contributed by atoms with van der Waals surface area (Å²) in [6, 6.07) is 10.9. The average molecular weight is 488 g/mol. The molecule has 0 aliphatic heterocycles. The van der Waals surface area contributed by atoms with Gasteiger partial charge in [0.25, 0.3) is 5.76 Å². The number of ether oxygens (including phenoxy) is 2. The van der Waals surface area contributed by atoms with E-state index in [4.69, 9.17) is 32.7 Å². The van der Waals surface area contributed by atoms with Crippen LogP contribution in [0.15, 0.2) is 74.4 Å². The fourth-order valence-corrected chi connectivity index (χ4v) is 3.06. The maximum atomic E-state index is 6.13. The quantitative estimate of drug-likeness (QED) is 0.418. The lowest BCUT2D eigenvalue weighted by molar-refractivity contribution is 0.435. The van der Waals surface area contributed by atoms with Crippen LogP contribution >= 0.6 is 55.1 Å². The Bertz CT molecular complexity index is 873. The van der Waals surface area contributed by atoms with Crippen LogP contribution in [-0.2, 0) is 0 Å². The molecule has 2 aromatic carbocycles. The molecule has 0 N–H and O–H groups in total. The highest BCUT2D eigenvalue weighted by molar-refractivity contribution is 9.11. The summed E-state index contributed by atoms with van der Waals surface area (Å²) in [6.07, 6.45) is 8.02. The predicted octanol–water partition coefficient (Wildman–Crippen LogP) is 7.42. The Morgan fingerprint density at radius 2 is 1.54 bits per heavy atom. The van der Waals surface area contributed by atoms with E-state index < -0.39 is 0 Å². The predicted molar refractivity (Wildman–Crippen MR) is 104 cm³/mol. The Kier molecular flexibility index (Phi) is 5.65. The van der Waals surface area contributed by atoms with Gasteiger partial charge in [0.2, 0.25) is 0 Å². The van der Waals surface area contributed by atoms with Gasteiger partial charge in [0.1, 0.15) is 29.4 Å². The number of benzene rings is 2. The van der Waals surface area contributed by atoms with Gasteiger partial charge in [-0.15, -0.1) is 0 Å². The van der Waals surface area contributed by atoms with E-state index in [1.807, 2.05) is 12.1 Å². The van der Waals surface area contributed by atoms with E-state index in [9.17, 15) is 0 Å². The molecule has 0 saturated carbocycles. The Labute approximate surface area is 166 Å². The van der Waals surface area contributed by atoms with Crippen molar-refractivity contribution >= 4 is 55.1 Å². The van der Waals surface area contributed by atoms with Gasteiger partial charge in [0.15, 0.2) is 5.03 Å². The molecule has 120 valence electrons. The van der Waals surface area contributed by atoms with E-state index in [-0.39, 0.29) is 0 Å². The van der Waals surface area contributed by atoms with Crippen LogP contribution < -0.4 is 9.47 Å². The lowest BCUT2D eigenvalue weighted by atomic mass is 10.2. The molecule has 0 fully saturated rings. The lowest BCUT2D eigenvalue weighted by Crippen LogP contribution is -1.97. The Hall–Kier alpha value is -1.29. The number of allylic oxidation sites excluding steroid dienone is 5. The molecule has 0 amide bonds. The molecule has 1 aliphatic carbocycles. The third-order valence-electron chi connectivity index (χ3n) is 3.04. The topological polar surface area (TPSA) is 18.5 Å². The second-order valence-corrected chi connectivity index (χ2v) is 7.23. The van der Waals surface area contributed by atoms with Crippen molar-refractivity contribution in [2.75, 3.05) is 0 Å². The molecular formula is C18H9Br2Cl2O2+. The van der Waals surface area contributed by atoms with E-state index in [0.29, 0.717) is 33.1 Å². The smallest absolute Gasteiger partial charge is 0.258 e. The normalized spacial score (nSPS) is 13.0. The minimum atomic E-state index is 0.483. The summed E-state index contributed by atoms with van der Waals surface area (Å²) in [5.41, 5.74) is 0. The average Bonchev–Trinajstić information content (AvgIpc) is 2.56. The van der Waals surface area contributed by atoms with E-state index in [0.717, 1.165) is 8.95 Å². The van der Waals surface area contributed by atoms with Crippen LogP contribution in [0.25, 0.3) is 0 Å². The summed E-state index contributed by atoms with van der Waals surface area (Å²) in [7, 11) is 0. The Morgan fingerprint density at radius 1 is 0.875 bits per heavy atom. The molecule has 0 aromatic heterocycles. The fourth-order valence-electron chi connectivity index (χ4n) is 1.91. The van der Waals surface area contributed by atoms with Crippen LogP contribution in [0.1, 0.15) is 0 Å². The number of hydrogen-bond donors (Lipinski definition) is 0. The van der Waals surface area contributed by atoms with Gasteiger partial charge in [-0.3, -0.25) is 0 Å². The number of rotatable bonds is 4. The highest BCUT2D eigenvalue weighted by atomic mass is 79.9. The van der Waals surface area contributed by atoms with E-state index in [2.05, 4.69) is 37.9 Å². The highest BCUT2D eigenvalue weighted by Gasteiger charge is 2.17. The molecule has 0 atom stereocenters. The second kappa shape index (κ2) is 7.73. The zero-order valence-electron chi connectivity index (χ0n) is 12.0. The van der Waals surface area contributed by atoms with Crippen molar-refractivity contribution in [1.29, 1.82) is 0 Å². The molecule has 0 unspecified atom stereocenters. The minimum absolute atomic E-state index is 0.483. The van der Waals surface area contributed by atoms with E-state index >= 15 is 0 Å². The van der Waals surface area contributed by atoms with Crippen molar-refractivity contribution in [3.63, 3.8) is 0 Å². The first kappa shape index (κ1) is 17.5. The summed E-state index contributed by atoms with van der Waals surface area (Å²) in [6.45, 7) is 0. The summed E-state index contributed by atoms with van der Waals surface area (Å²) in [5, 5.41) is 1.02. The van der Waals surface area contributed by atoms with Gasteiger partial charge in [-0.25, -0.2) is 0 Å². The van der Waals surface area contributed by atoms with Gasteiger partial charge < -0.3 is 9.47 Å². The van der Waals surface area contributed by atoms with Gasteiger partial charge in [0.05, 0.1) is 20.0 Å². The molecule has 3 rings (SSSR count). The molecule has 6 heteroatoms. The fraction of sp³-hybridized carbons (Fsp3) is 0.